The molecule has 0 aliphatic heterocycles. The van der Waals surface area contributed by atoms with Crippen LogP contribution in [-0.4, -0.2) is 26.7 Å². The normalized spacial score (nSPS) is 11.3. The molecule has 30 heavy (non-hydrogen) atoms. The summed E-state index contributed by atoms with van der Waals surface area (Å²) < 4.78 is 0. The Kier molecular flexibility index (Phi) is 6.50. The minimum absolute atomic E-state index is 0.00620. The summed E-state index contributed by atoms with van der Waals surface area (Å²) in [6.07, 6.45) is -0.144. The molecule has 0 amide bonds. The first-order valence-corrected chi connectivity index (χ1v) is 9.87. The Labute approximate surface area is 183 Å². The number of nitro benzene ring substituents is 1. The third kappa shape index (κ3) is 5.03. The summed E-state index contributed by atoms with van der Waals surface area (Å²) in [6, 6.07) is 9.16. The second-order valence-electron chi connectivity index (χ2n) is 5.97. The van der Waals surface area contributed by atoms with E-state index in [9.17, 15) is 20.0 Å². The number of benzene rings is 2. The first-order valence-electron chi connectivity index (χ1n) is 8.24. The SMILES string of the molecule is Nc1ccc(C/C(=N\Nc2nc(-c3ccc(Cl)c(Cl)c3)cs2)C(=O)O)cc1[N+](=O)[O-]. The van der Waals surface area contributed by atoms with Crippen LogP contribution in [0.3, 0.4) is 0 Å². The van der Waals surface area contributed by atoms with Gasteiger partial charge in [-0.2, -0.15) is 5.10 Å². The molecule has 3 aromatic rings. The number of carbonyl (C=O) groups is 1. The molecule has 0 saturated heterocycles. The van der Waals surface area contributed by atoms with Gasteiger partial charge in [-0.1, -0.05) is 35.3 Å². The summed E-state index contributed by atoms with van der Waals surface area (Å²) in [7, 11) is 0. The van der Waals surface area contributed by atoms with E-state index in [1.54, 1.807) is 23.6 Å². The summed E-state index contributed by atoms with van der Waals surface area (Å²) in [6.45, 7) is 0. The number of nitrogens with one attached hydrogen (secondary N) is 1. The predicted octanol–water partition coefficient (Wildman–Crippen LogP) is 4.70. The van der Waals surface area contributed by atoms with Gasteiger partial charge < -0.3 is 10.8 Å². The van der Waals surface area contributed by atoms with E-state index < -0.39 is 10.9 Å². The van der Waals surface area contributed by atoms with Gasteiger partial charge in [0.15, 0.2) is 0 Å². The Balaban J connectivity index is 1.78. The summed E-state index contributed by atoms with van der Waals surface area (Å²) in [5, 5.41) is 27.2. The van der Waals surface area contributed by atoms with Crippen LogP contribution in [-0.2, 0) is 11.2 Å². The lowest BCUT2D eigenvalue weighted by molar-refractivity contribution is -0.383. The molecular weight excluding hydrogens is 453 g/mol. The van der Waals surface area contributed by atoms with Gasteiger partial charge in [0.05, 0.1) is 20.7 Å². The van der Waals surface area contributed by atoms with Crippen LogP contribution >= 0.6 is 34.5 Å². The number of hydrogen-bond acceptors (Lipinski definition) is 8. The van der Waals surface area contributed by atoms with Crippen LogP contribution in [0.15, 0.2) is 46.9 Å². The fourth-order valence-electron chi connectivity index (χ4n) is 2.44. The topological polar surface area (TPSA) is 144 Å². The van der Waals surface area contributed by atoms with Gasteiger partial charge in [-0.3, -0.25) is 15.5 Å². The molecule has 9 nitrogen and oxygen atoms in total. The number of aromatic nitrogens is 1. The third-order valence-electron chi connectivity index (χ3n) is 3.92. The summed E-state index contributed by atoms with van der Waals surface area (Å²) in [5.41, 5.74) is 9.36. The number of carboxylic acid groups (broad SMARTS) is 1. The van der Waals surface area contributed by atoms with E-state index in [2.05, 4.69) is 15.5 Å². The van der Waals surface area contributed by atoms with Crippen molar-refractivity contribution in [1.82, 2.24) is 4.98 Å². The third-order valence-corrected chi connectivity index (χ3v) is 5.40. The maximum atomic E-state index is 11.5. The number of aliphatic carboxylic acids is 1. The maximum absolute atomic E-state index is 11.5. The number of nitrogens with two attached hydrogens (primary N) is 1. The zero-order valence-electron chi connectivity index (χ0n) is 15.0. The molecular formula is C18H13Cl2N5O4S. The number of thiazole rings is 1. The Hall–Kier alpha value is -3.21. The lowest BCUT2D eigenvalue weighted by Crippen LogP contribution is -2.18. The number of rotatable bonds is 7. The highest BCUT2D eigenvalue weighted by Gasteiger charge is 2.16. The number of anilines is 2. The number of nitrogens with zero attached hydrogens (tertiary/aromatic N) is 3. The number of halogens is 2. The Morgan fingerprint density at radius 3 is 2.70 bits per heavy atom. The fraction of sp³-hybridized carbons (Fsp3) is 0.0556. The van der Waals surface area contributed by atoms with Crippen molar-refractivity contribution in [3.8, 4) is 11.3 Å². The quantitative estimate of drug-likeness (QED) is 0.198. The van der Waals surface area contributed by atoms with Gasteiger partial charge in [0, 0.05) is 23.4 Å². The van der Waals surface area contributed by atoms with Crippen LogP contribution in [0.1, 0.15) is 5.56 Å². The Morgan fingerprint density at radius 1 is 1.27 bits per heavy atom. The molecule has 4 N–H and O–H groups in total. The van der Waals surface area contributed by atoms with Gasteiger partial charge >= 0.3 is 5.97 Å². The van der Waals surface area contributed by atoms with Crippen molar-refractivity contribution in [3.05, 3.63) is 67.5 Å². The molecule has 3 rings (SSSR count). The van der Waals surface area contributed by atoms with Crippen LogP contribution in [0.25, 0.3) is 11.3 Å². The van der Waals surface area contributed by atoms with Gasteiger partial charge in [-0.25, -0.2) is 9.78 Å². The van der Waals surface area contributed by atoms with Crippen molar-refractivity contribution in [2.45, 2.75) is 6.42 Å². The van der Waals surface area contributed by atoms with E-state index >= 15 is 0 Å². The first-order chi connectivity index (χ1) is 14.2. The number of hydrazone groups is 1. The van der Waals surface area contributed by atoms with Gasteiger partial charge in [-0.15, -0.1) is 11.3 Å². The molecule has 0 atom stereocenters. The van der Waals surface area contributed by atoms with Crippen LogP contribution in [0, 0.1) is 10.1 Å². The molecule has 2 aromatic carbocycles. The number of hydrogen-bond donors (Lipinski definition) is 3. The molecule has 154 valence electrons. The number of nitro groups is 1. The van der Waals surface area contributed by atoms with Crippen molar-refractivity contribution in [1.29, 1.82) is 0 Å². The monoisotopic (exact) mass is 465 g/mol. The standard InChI is InChI=1S/C18H13Cl2N5O4S/c19-11-3-2-10(7-12(11)20)15-8-30-18(22-15)24-23-14(17(26)27)5-9-1-4-13(21)16(6-9)25(28)29/h1-4,6-8H,5,21H2,(H,22,24)(H,26,27)/b23-14+. The highest BCUT2D eigenvalue weighted by Crippen LogP contribution is 2.30. The molecule has 0 bridgehead atoms. The highest BCUT2D eigenvalue weighted by molar-refractivity contribution is 7.14. The second kappa shape index (κ2) is 9.08. The van der Waals surface area contributed by atoms with Crippen LogP contribution in [0.5, 0.6) is 0 Å². The van der Waals surface area contributed by atoms with E-state index in [1.807, 2.05) is 0 Å². The van der Waals surface area contributed by atoms with Gasteiger partial charge in [0.2, 0.25) is 5.13 Å². The van der Waals surface area contributed by atoms with Gasteiger partial charge in [-0.05, 0) is 23.8 Å². The average molecular weight is 466 g/mol. The van der Waals surface area contributed by atoms with E-state index in [0.717, 1.165) is 5.56 Å². The summed E-state index contributed by atoms with van der Waals surface area (Å²) in [5.74, 6) is -1.27. The van der Waals surface area contributed by atoms with Gasteiger partial charge in [0.1, 0.15) is 11.4 Å². The zero-order valence-corrected chi connectivity index (χ0v) is 17.3. The van der Waals surface area contributed by atoms with Crippen LogP contribution in [0.4, 0.5) is 16.5 Å². The molecule has 0 saturated carbocycles. The van der Waals surface area contributed by atoms with Gasteiger partial charge in [0.25, 0.3) is 5.69 Å². The van der Waals surface area contributed by atoms with Crippen molar-refractivity contribution in [2.24, 2.45) is 5.10 Å². The van der Waals surface area contributed by atoms with Crippen molar-refractivity contribution in [3.63, 3.8) is 0 Å². The van der Waals surface area contributed by atoms with Crippen molar-refractivity contribution < 1.29 is 14.8 Å². The number of carboxylic acids is 1. The Morgan fingerprint density at radius 2 is 2.03 bits per heavy atom. The molecule has 12 heteroatoms. The minimum Gasteiger partial charge on any atom is -0.477 e. The molecule has 0 aliphatic carbocycles. The molecule has 1 heterocycles. The summed E-state index contributed by atoms with van der Waals surface area (Å²) >= 11 is 13.1. The van der Waals surface area contributed by atoms with Crippen LogP contribution < -0.4 is 11.2 Å². The van der Waals surface area contributed by atoms with Crippen LogP contribution in [0.2, 0.25) is 10.0 Å². The van der Waals surface area contributed by atoms with E-state index in [1.165, 1.54) is 29.5 Å². The van der Waals surface area contributed by atoms with Crippen molar-refractivity contribution >= 4 is 62.7 Å². The average Bonchev–Trinajstić information content (AvgIpc) is 3.17. The highest BCUT2D eigenvalue weighted by atomic mass is 35.5. The maximum Gasteiger partial charge on any atom is 0.352 e. The summed E-state index contributed by atoms with van der Waals surface area (Å²) in [4.78, 5) is 26.2. The van der Waals surface area contributed by atoms with E-state index in [-0.39, 0.29) is 23.5 Å². The lowest BCUT2D eigenvalue weighted by Gasteiger charge is -2.04. The molecule has 1 aromatic heterocycles. The number of nitrogen functional groups attached to an aromatic ring is 1. The molecule has 0 unspecified atom stereocenters. The molecule has 0 spiro atoms. The largest absolute Gasteiger partial charge is 0.477 e. The zero-order chi connectivity index (χ0) is 21.8. The fourth-order valence-corrected chi connectivity index (χ4v) is 3.40. The predicted molar refractivity (Wildman–Crippen MR) is 117 cm³/mol. The van der Waals surface area contributed by atoms with E-state index in [4.69, 9.17) is 28.9 Å². The van der Waals surface area contributed by atoms with Crippen molar-refractivity contribution in [2.75, 3.05) is 11.2 Å². The molecule has 0 fully saturated rings. The minimum atomic E-state index is -1.27. The Bertz CT molecular complexity index is 1170. The smallest absolute Gasteiger partial charge is 0.352 e. The molecule has 0 radical (unpaired) electrons. The lowest BCUT2D eigenvalue weighted by atomic mass is 10.1. The molecule has 0 aliphatic rings. The second-order valence-corrected chi connectivity index (χ2v) is 7.64. The van der Waals surface area contributed by atoms with E-state index in [0.29, 0.717) is 26.4 Å². The first kappa shape index (κ1) is 21.5.